The van der Waals surface area contributed by atoms with Crippen molar-refractivity contribution >= 4 is 5.91 Å². The van der Waals surface area contributed by atoms with E-state index >= 15 is 0 Å². The smallest absolute Gasteiger partial charge is 0.234 e. The molecule has 5 nitrogen and oxygen atoms in total. The standard InChI is InChI=1S/C20H24F2N4O/c21-14-9-15(22)11-16(10-14)26-19-6-4-5-18(17(19)12-23-26)24-20(27)13-25-7-2-1-3-8-25/h9-12,18H,1-8,13H2,(H,24,27)/t18-/m0/s1. The van der Waals surface area contributed by atoms with Crippen LogP contribution >= 0.6 is 0 Å². The van der Waals surface area contributed by atoms with Crippen LogP contribution in [0.25, 0.3) is 5.69 Å². The molecule has 1 atom stereocenters. The summed E-state index contributed by atoms with van der Waals surface area (Å²) in [4.78, 5) is 14.7. The van der Waals surface area contributed by atoms with Gasteiger partial charge in [0.05, 0.1) is 24.5 Å². The number of aromatic nitrogens is 2. The summed E-state index contributed by atoms with van der Waals surface area (Å²) in [5, 5.41) is 7.47. The molecule has 2 heterocycles. The van der Waals surface area contributed by atoms with Gasteiger partial charge in [0, 0.05) is 17.3 Å². The second-order valence-electron chi connectivity index (χ2n) is 7.44. The first-order valence-electron chi connectivity index (χ1n) is 9.65. The van der Waals surface area contributed by atoms with Crippen LogP contribution in [-0.4, -0.2) is 40.2 Å². The molecule has 1 amide bonds. The number of likely N-dealkylation sites (tertiary alicyclic amines) is 1. The third-order valence-corrected chi connectivity index (χ3v) is 5.43. The van der Waals surface area contributed by atoms with E-state index in [0.717, 1.165) is 62.5 Å². The molecule has 1 aromatic heterocycles. The molecular weight excluding hydrogens is 350 g/mol. The minimum absolute atomic E-state index is 0.0271. The topological polar surface area (TPSA) is 50.2 Å². The summed E-state index contributed by atoms with van der Waals surface area (Å²) in [6, 6.07) is 3.30. The number of carbonyl (C=O) groups is 1. The maximum atomic E-state index is 13.6. The number of amides is 1. The van der Waals surface area contributed by atoms with Crippen molar-refractivity contribution in [1.29, 1.82) is 0 Å². The summed E-state index contributed by atoms with van der Waals surface area (Å²) < 4.78 is 28.7. The molecule has 1 aromatic carbocycles. The second kappa shape index (κ2) is 7.76. The lowest BCUT2D eigenvalue weighted by Gasteiger charge is -2.28. The first-order chi connectivity index (χ1) is 13.1. The Labute approximate surface area is 157 Å². The lowest BCUT2D eigenvalue weighted by atomic mass is 9.93. The second-order valence-corrected chi connectivity index (χ2v) is 7.44. The molecule has 1 aliphatic carbocycles. The van der Waals surface area contributed by atoms with E-state index in [0.29, 0.717) is 12.2 Å². The summed E-state index contributed by atoms with van der Waals surface area (Å²) >= 11 is 0. The SMILES string of the molecule is O=C(CN1CCCCC1)N[C@H]1CCCc2c1cnn2-c1cc(F)cc(F)c1. The van der Waals surface area contributed by atoms with Crippen molar-refractivity contribution in [3.8, 4) is 5.69 Å². The maximum Gasteiger partial charge on any atom is 0.234 e. The van der Waals surface area contributed by atoms with Gasteiger partial charge in [0.2, 0.25) is 5.91 Å². The summed E-state index contributed by atoms with van der Waals surface area (Å²) in [6.07, 6.45) is 7.77. The van der Waals surface area contributed by atoms with Gasteiger partial charge in [0.15, 0.2) is 0 Å². The minimum atomic E-state index is -0.628. The Hall–Kier alpha value is -2.28. The largest absolute Gasteiger partial charge is 0.348 e. The number of carbonyl (C=O) groups excluding carboxylic acids is 1. The molecule has 0 spiro atoms. The van der Waals surface area contributed by atoms with E-state index in [1.54, 1.807) is 10.9 Å². The molecule has 0 saturated carbocycles. The predicted octanol–water partition coefficient (Wildman–Crippen LogP) is 3.13. The Morgan fingerprint density at radius 2 is 1.85 bits per heavy atom. The van der Waals surface area contributed by atoms with E-state index in [4.69, 9.17) is 0 Å². The monoisotopic (exact) mass is 374 g/mol. The van der Waals surface area contributed by atoms with Crippen molar-refractivity contribution in [3.05, 3.63) is 47.3 Å². The molecule has 1 fully saturated rings. The molecule has 0 radical (unpaired) electrons. The fourth-order valence-corrected chi connectivity index (χ4v) is 4.15. The van der Waals surface area contributed by atoms with Gasteiger partial charge in [-0.2, -0.15) is 5.10 Å². The maximum absolute atomic E-state index is 13.6. The third kappa shape index (κ3) is 4.03. The number of nitrogens with one attached hydrogen (secondary N) is 1. The first kappa shape index (κ1) is 18.1. The lowest BCUT2D eigenvalue weighted by Crippen LogP contribution is -2.41. The number of hydrogen-bond acceptors (Lipinski definition) is 3. The molecule has 1 aliphatic heterocycles. The Morgan fingerprint density at radius 1 is 1.11 bits per heavy atom. The number of halogens is 2. The normalized spacial score (nSPS) is 20.3. The number of nitrogens with zero attached hydrogens (tertiary/aromatic N) is 3. The quantitative estimate of drug-likeness (QED) is 0.895. The molecule has 7 heteroatoms. The lowest BCUT2D eigenvalue weighted by molar-refractivity contribution is -0.123. The van der Waals surface area contributed by atoms with Gasteiger partial charge in [-0.05, 0) is 57.3 Å². The van der Waals surface area contributed by atoms with Gasteiger partial charge < -0.3 is 5.32 Å². The van der Waals surface area contributed by atoms with Crippen molar-refractivity contribution in [2.45, 2.75) is 44.6 Å². The van der Waals surface area contributed by atoms with Crippen LogP contribution in [0.15, 0.2) is 24.4 Å². The number of rotatable bonds is 4. The average molecular weight is 374 g/mol. The molecule has 4 rings (SSSR count). The van der Waals surface area contributed by atoms with Crippen LogP contribution < -0.4 is 5.32 Å². The number of benzene rings is 1. The van der Waals surface area contributed by atoms with Gasteiger partial charge in [0.25, 0.3) is 0 Å². The van der Waals surface area contributed by atoms with Gasteiger partial charge in [-0.25, -0.2) is 13.5 Å². The Balaban J connectivity index is 1.50. The highest BCUT2D eigenvalue weighted by atomic mass is 19.1. The Bertz CT molecular complexity index is 809. The molecule has 2 aromatic rings. The van der Waals surface area contributed by atoms with Crippen LogP contribution in [0, 0.1) is 11.6 Å². The molecule has 27 heavy (non-hydrogen) atoms. The van der Waals surface area contributed by atoms with Crippen molar-refractivity contribution in [3.63, 3.8) is 0 Å². The molecular formula is C20H24F2N4O. The van der Waals surface area contributed by atoms with Gasteiger partial charge in [-0.15, -0.1) is 0 Å². The van der Waals surface area contributed by atoms with Crippen LogP contribution in [0.4, 0.5) is 8.78 Å². The average Bonchev–Trinajstić information content (AvgIpc) is 3.07. The summed E-state index contributed by atoms with van der Waals surface area (Å²) in [5.74, 6) is -1.23. The zero-order valence-electron chi connectivity index (χ0n) is 15.3. The number of fused-ring (bicyclic) bond motifs is 1. The van der Waals surface area contributed by atoms with Crippen molar-refractivity contribution in [2.75, 3.05) is 19.6 Å². The Morgan fingerprint density at radius 3 is 2.59 bits per heavy atom. The highest BCUT2D eigenvalue weighted by molar-refractivity contribution is 5.78. The van der Waals surface area contributed by atoms with E-state index in [2.05, 4.69) is 15.3 Å². The zero-order valence-corrected chi connectivity index (χ0v) is 15.3. The fraction of sp³-hybridized carbons (Fsp3) is 0.500. The van der Waals surface area contributed by atoms with E-state index in [1.165, 1.54) is 18.6 Å². The van der Waals surface area contributed by atoms with Gasteiger partial charge in [0.1, 0.15) is 11.6 Å². The highest BCUT2D eigenvalue weighted by Gasteiger charge is 2.27. The number of piperidine rings is 1. The van der Waals surface area contributed by atoms with E-state index < -0.39 is 11.6 Å². The molecule has 144 valence electrons. The van der Waals surface area contributed by atoms with E-state index in [9.17, 15) is 13.6 Å². The van der Waals surface area contributed by atoms with Gasteiger partial charge >= 0.3 is 0 Å². The first-order valence-corrected chi connectivity index (χ1v) is 9.65. The van der Waals surface area contributed by atoms with Gasteiger partial charge in [-0.1, -0.05) is 6.42 Å². The van der Waals surface area contributed by atoms with E-state index in [-0.39, 0.29) is 11.9 Å². The molecule has 0 unspecified atom stereocenters. The van der Waals surface area contributed by atoms with Gasteiger partial charge in [-0.3, -0.25) is 9.69 Å². The zero-order chi connectivity index (χ0) is 18.8. The van der Waals surface area contributed by atoms with Crippen molar-refractivity contribution in [1.82, 2.24) is 20.0 Å². The van der Waals surface area contributed by atoms with Crippen LogP contribution in [0.1, 0.15) is 49.4 Å². The highest BCUT2D eigenvalue weighted by Crippen LogP contribution is 2.31. The molecule has 1 N–H and O–H groups in total. The number of hydrogen-bond donors (Lipinski definition) is 1. The molecule has 0 bridgehead atoms. The fourth-order valence-electron chi connectivity index (χ4n) is 4.15. The van der Waals surface area contributed by atoms with Crippen LogP contribution in [0.5, 0.6) is 0 Å². The van der Waals surface area contributed by atoms with Crippen molar-refractivity contribution in [2.24, 2.45) is 0 Å². The van der Waals surface area contributed by atoms with Crippen molar-refractivity contribution < 1.29 is 13.6 Å². The molecule has 2 aliphatic rings. The summed E-state index contributed by atoms with van der Waals surface area (Å²) in [5.41, 5.74) is 2.22. The third-order valence-electron chi connectivity index (χ3n) is 5.43. The van der Waals surface area contributed by atoms with Crippen LogP contribution in [0.3, 0.4) is 0 Å². The minimum Gasteiger partial charge on any atom is -0.348 e. The van der Waals surface area contributed by atoms with Crippen LogP contribution in [0.2, 0.25) is 0 Å². The van der Waals surface area contributed by atoms with Crippen LogP contribution in [-0.2, 0) is 11.2 Å². The summed E-state index contributed by atoms with van der Waals surface area (Å²) in [7, 11) is 0. The summed E-state index contributed by atoms with van der Waals surface area (Å²) in [6.45, 7) is 2.38. The Kier molecular flexibility index (Phi) is 5.20. The predicted molar refractivity (Wildman–Crippen MR) is 97.6 cm³/mol. The molecule has 1 saturated heterocycles. The van der Waals surface area contributed by atoms with E-state index in [1.807, 2.05) is 0 Å².